The third kappa shape index (κ3) is 2.78. The summed E-state index contributed by atoms with van der Waals surface area (Å²) in [6.45, 7) is 7.96. The SMILES string of the molecule is CC1(C)OB(/C=C/c2cncc(O)c2Cl)OC1(C)C. The van der Waals surface area contributed by atoms with Crippen molar-refractivity contribution in [2.24, 2.45) is 0 Å². The molecule has 1 N–H and O–H groups in total. The second-order valence-corrected chi connectivity index (χ2v) is 5.92. The molecule has 2 rings (SSSR count). The zero-order valence-electron chi connectivity index (χ0n) is 11.5. The van der Waals surface area contributed by atoms with Crippen molar-refractivity contribution >= 4 is 24.8 Å². The van der Waals surface area contributed by atoms with Crippen LogP contribution in [-0.2, 0) is 9.31 Å². The summed E-state index contributed by atoms with van der Waals surface area (Å²) in [4.78, 5) is 3.88. The van der Waals surface area contributed by atoms with Gasteiger partial charge in [0.15, 0.2) is 5.75 Å². The molecule has 1 aliphatic rings. The lowest BCUT2D eigenvalue weighted by Gasteiger charge is -2.32. The molecule has 0 saturated carbocycles. The molecule has 1 aromatic heterocycles. The molecular weight excluding hydrogens is 264 g/mol. The number of halogens is 1. The minimum atomic E-state index is -0.441. The summed E-state index contributed by atoms with van der Waals surface area (Å²) < 4.78 is 11.6. The van der Waals surface area contributed by atoms with Crippen LogP contribution in [-0.4, -0.2) is 28.4 Å². The van der Waals surface area contributed by atoms with E-state index in [9.17, 15) is 5.11 Å². The normalized spacial score (nSPS) is 21.2. The maximum absolute atomic E-state index is 9.47. The predicted molar refractivity (Wildman–Crippen MR) is 76.0 cm³/mol. The molecule has 0 aliphatic carbocycles. The smallest absolute Gasteiger partial charge is 0.487 e. The highest BCUT2D eigenvalue weighted by Gasteiger charge is 2.49. The van der Waals surface area contributed by atoms with Gasteiger partial charge in [-0.2, -0.15) is 0 Å². The standard InChI is InChI=1S/C13H17BClNO3/c1-12(2)13(3,4)19-14(18-12)6-5-9-7-16-8-10(17)11(9)15/h5-8,17H,1-4H3/b6-5+. The Labute approximate surface area is 118 Å². The molecule has 4 nitrogen and oxygen atoms in total. The summed E-state index contributed by atoms with van der Waals surface area (Å²) >= 11 is 5.97. The third-order valence-electron chi connectivity index (χ3n) is 3.59. The van der Waals surface area contributed by atoms with Crippen LogP contribution >= 0.6 is 11.6 Å². The molecule has 1 aliphatic heterocycles. The zero-order chi connectivity index (χ0) is 14.3. The maximum Gasteiger partial charge on any atom is 0.487 e. The van der Waals surface area contributed by atoms with Gasteiger partial charge in [-0.3, -0.25) is 4.98 Å². The van der Waals surface area contributed by atoms with E-state index < -0.39 is 7.12 Å². The molecule has 2 heterocycles. The number of aromatic hydroxyl groups is 1. The molecule has 19 heavy (non-hydrogen) atoms. The molecule has 1 saturated heterocycles. The number of nitrogens with zero attached hydrogens (tertiary/aromatic N) is 1. The molecule has 102 valence electrons. The van der Waals surface area contributed by atoms with Gasteiger partial charge < -0.3 is 14.4 Å². The molecule has 0 amide bonds. The molecule has 0 aromatic carbocycles. The van der Waals surface area contributed by atoms with Crippen LogP contribution in [0.4, 0.5) is 0 Å². The quantitative estimate of drug-likeness (QED) is 0.846. The van der Waals surface area contributed by atoms with Crippen LogP contribution in [0.2, 0.25) is 5.02 Å². The third-order valence-corrected chi connectivity index (χ3v) is 4.01. The molecule has 0 bridgehead atoms. The van der Waals surface area contributed by atoms with Gasteiger partial charge in [0.25, 0.3) is 0 Å². The van der Waals surface area contributed by atoms with E-state index in [0.717, 1.165) is 0 Å². The Kier molecular flexibility index (Phi) is 3.64. The Morgan fingerprint density at radius 2 is 1.79 bits per heavy atom. The maximum atomic E-state index is 9.47. The fourth-order valence-corrected chi connectivity index (χ4v) is 1.88. The molecular formula is C13H17BClNO3. The van der Waals surface area contributed by atoms with Crippen LogP contribution in [0.1, 0.15) is 33.3 Å². The van der Waals surface area contributed by atoms with E-state index in [0.29, 0.717) is 5.56 Å². The van der Waals surface area contributed by atoms with Crippen LogP contribution < -0.4 is 0 Å². The van der Waals surface area contributed by atoms with Crippen molar-refractivity contribution in [3.63, 3.8) is 0 Å². The van der Waals surface area contributed by atoms with Crippen molar-refractivity contribution in [3.05, 3.63) is 29.0 Å². The van der Waals surface area contributed by atoms with Crippen LogP contribution in [0.5, 0.6) is 5.75 Å². The highest BCUT2D eigenvalue weighted by Crippen LogP contribution is 2.37. The summed E-state index contributed by atoms with van der Waals surface area (Å²) in [5.41, 5.74) is -0.123. The lowest BCUT2D eigenvalue weighted by atomic mass is 9.89. The second kappa shape index (κ2) is 4.82. The van der Waals surface area contributed by atoms with Gasteiger partial charge in [-0.05, 0) is 27.7 Å². The summed E-state index contributed by atoms with van der Waals surface area (Å²) in [5.74, 6) is 1.72. The van der Waals surface area contributed by atoms with E-state index >= 15 is 0 Å². The predicted octanol–water partition coefficient (Wildman–Crippen LogP) is 3.09. The molecule has 1 fully saturated rings. The number of hydrogen-bond acceptors (Lipinski definition) is 4. The van der Waals surface area contributed by atoms with Crippen LogP contribution in [0.15, 0.2) is 18.4 Å². The van der Waals surface area contributed by atoms with E-state index in [2.05, 4.69) is 4.98 Å². The monoisotopic (exact) mass is 281 g/mol. The van der Waals surface area contributed by atoms with E-state index in [1.54, 1.807) is 18.2 Å². The Morgan fingerprint density at radius 1 is 1.21 bits per heavy atom. The average molecular weight is 282 g/mol. The van der Waals surface area contributed by atoms with Crippen molar-refractivity contribution in [3.8, 4) is 5.75 Å². The first-order chi connectivity index (χ1) is 8.73. The van der Waals surface area contributed by atoms with Gasteiger partial charge in [-0.15, -0.1) is 0 Å². The van der Waals surface area contributed by atoms with Crippen LogP contribution in [0.3, 0.4) is 0 Å². The fraction of sp³-hybridized carbons (Fsp3) is 0.462. The van der Waals surface area contributed by atoms with Crippen LogP contribution in [0.25, 0.3) is 6.08 Å². The lowest BCUT2D eigenvalue weighted by molar-refractivity contribution is 0.00578. The van der Waals surface area contributed by atoms with Gasteiger partial charge in [0, 0.05) is 11.8 Å². The molecule has 0 spiro atoms. The summed E-state index contributed by atoms with van der Waals surface area (Å²) in [7, 11) is -0.441. The van der Waals surface area contributed by atoms with Crippen molar-refractivity contribution in [2.75, 3.05) is 0 Å². The van der Waals surface area contributed by atoms with E-state index in [-0.39, 0.29) is 22.0 Å². The number of pyridine rings is 1. The van der Waals surface area contributed by atoms with Gasteiger partial charge in [0.1, 0.15) is 0 Å². The first-order valence-corrected chi connectivity index (χ1v) is 6.47. The van der Waals surface area contributed by atoms with Gasteiger partial charge in [0.2, 0.25) is 0 Å². The highest BCUT2D eigenvalue weighted by molar-refractivity contribution is 6.52. The minimum Gasteiger partial charge on any atom is -0.505 e. The number of rotatable bonds is 2. The van der Waals surface area contributed by atoms with Crippen molar-refractivity contribution in [1.29, 1.82) is 0 Å². The van der Waals surface area contributed by atoms with E-state index in [4.69, 9.17) is 20.9 Å². The average Bonchev–Trinajstić information content (AvgIpc) is 2.50. The van der Waals surface area contributed by atoms with Gasteiger partial charge in [-0.1, -0.05) is 23.7 Å². The van der Waals surface area contributed by atoms with Gasteiger partial charge in [0.05, 0.1) is 22.4 Å². The molecule has 0 unspecified atom stereocenters. The Balaban J connectivity index is 2.15. The van der Waals surface area contributed by atoms with Gasteiger partial charge >= 0.3 is 7.12 Å². The number of aromatic nitrogens is 1. The minimum absolute atomic E-state index is 0.0438. The Hall–Kier alpha value is -1.04. The number of hydrogen-bond donors (Lipinski definition) is 1. The largest absolute Gasteiger partial charge is 0.505 e. The molecule has 6 heteroatoms. The first kappa shape index (κ1) is 14.4. The molecule has 0 atom stereocenters. The van der Waals surface area contributed by atoms with E-state index in [1.165, 1.54) is 6.20 Å². The Bertz CT molecular complexity index is 501. The summed E-state index contributed by atoms with van der Waals surface area (Å²) in [6, 6.07) is 0. The first-order valence-electron chi connectivity index (χ1n) is 6.09. The summed E-state index contributed by atoms with van der Waals surface area (Å²) in [6.07, 6.45) is 4.61. The van der Waals surface area contributed by atoms with Gasteiger partial charge in [-0.25, -0.2) is 0 Å². The Morgan fingerprint density at radius 3 is 2.37 bits per heavy atom. The highest BCUT2D eigenvalue weighted by atomic mass is 35.5. The van der Waals surface area contributed by atoms with Crippen molar-refractivity contribution in [1.82, 2.24) is 4.98 Å². The molecule has 1 aromatic rings. The topological polar surface area (TPSA) is 51.6 Å². The van der Waals surface area contributed by atoms with Crippen LogP contribution in [0, 0.1) is 0 Å². The second-order valence-electron chi connectivity index (χ2n) is 5.55. The lowest BCUT2D eigenvalue weighted by Crippen LogP contribution is -2.41. The zero-order valence-corrected chi connectivity index (χ0v) is 12.2. The van der Waals surface area contributed by atoms with E-state index in [1.807, 2.05) is 27.7 Å². The van der Waals surface area contributed by atoms with Crippen molar-refractivity contribution in [2.45, 2.75) is 38.9 Å². The summed E-state index contributed by atoms with van der Waals surface area (Å²) in [5, 5.41) is 9.73. The fourth-order valence-electron chi connectivity index (χ4n) is 1.72. The molecule has 0 radical (unpaired) electrons. The van der Waals surface area contributed by atoms with Crippen molar-refractivity contribution < 1.29 is 14.4 Å².